The third-order valence-corrected chi connectivity index (χ3v) is 4.78. The van der Waals surface area contributed by atoms with Crippen LogP contribution >= 0.6 is 0 Å². The van der Waals surface area contributed by atoms with Crippen LogP contribution in [-0.2, 0) is 11.3 Å². The molecule has 0 amide bonds. The van der Waals surface area contributed by atoms with Crippen molar-refractivity contribution >= 4 is 5.82 Å². The van der Waals surface area contributed by atoms with Crippen LogP contribution in [0.4, 0.5) is 5.82 Å². The zero-order chi connectivity index (χ0) is 17.2. The lowest BCUT2D eigenvalue weighted by atomic mass is 10.2. The van der Waals surface area contributed by atoms with E-state index in [2.05, 4.69) is 29.9 Å². The normalized spacial score (nSPS) is 21.8. The molecule has 1 unspecified atom stereocenters. The molecule has 0 aromatic carbocycles. The standard InChI is InChI=1S/C17H24N6O2/c1-12-10-18-13(2)16(19-12)23-7-5-22(6-8-23)11-15-20-17(25-21-15)14-4-3-9-24-14/h10,14H,3-9,11H2,1-2H3. The molecule has 1 atom stereocenters. The average Bonchev–Trinajstić information content (AvgIpc) is 3.29. The number of aryl methyl sites for hydroxylation is 2. The van der Waals surface area contributed by atoms with Gasteiger partial charge in [0.15, 0.2) is 5.82 Å². The number of hydrogen-bond acceptors (Lipinski definition) is 8. The Hall–Kier alpha value is -2.06. The van der Waals surface area contributed by atoms with Gasteiger partial charge in [-0.15, -0.1) is 0 Å². The highest BCUT2D eigenvalue weighted by Gasteiger charge is 2.25. The van der Waals surface area contributed by atoms with Gasteiger partial charge in [-0.2, -0.15) is 4.98 Å². The van der Waals surface area contributed by atoms with Crippen molar-refractivity contribution in [3.8, 4) is 0 Å². The third-order valence-electron chi connectivity index (χ3n) is 4.78. The summed E-state index contributed by atoms with van der Waals surface area (Å²) in [7, 11) is 0. The van der Waals surface area contributed by atoms with Gasteiger partial charge < -0.3 is 14.2 Å². The van der Waals surface area contributed by atoms with E-state index in [1.807, 2.05) is 20.0 Å². The Kier molecular flexibility index (Phi) is 4.63. The van der Waals surface area contributed by atoms with E-state index in [1.165, 1.54) is 0 Å². The van der Waals surface area contributed by atoms with E-state index in [9.17, 15) is 0 Å². The summed E-state index contributed by atoms with van der Waals surface area (Å²) in [6, 6.07) is 0. The zero-order valence-corrected chi connectivity index (χ0v) is 14.8. The Labute approximate surface area is 147 Å². The Morgan fingerprint density at radius 3 is 2.76 bits per heavy atom. The lowest BCUT2D eigenvalue weighted by Gasteiger charge is -2.35. The van der Waals surface area contributed by atoms with E-state index >= 15 is 0 Å². The molecule has 0 spiro atoms. The van der Waals surface area contributed by atoms with Crippen LogP contribution < -0.4 is 4.90 Å². The number of rotatable bonds is 4. The number of hydrogen-bond donors (Lipinski definition) is 0. The van der Waals surface area contributed by atoms with E-state index in [0.29, 0.717) is 12.4 Å². The predicted molar refractivity (Wildman–Crippen MR) is 91.2 cm³/mol. The fraction of sp³-hybridized carbons (Fsp3) is 0.647. The Bertz CT molecular complexity index is 720. The summed E-state index contributed by atoms with van der Waals surface area (Å²) in [5.74, 6) is 2.36. The summed E-state index contributed by atoms with van der Waals surface area (Å²) in [6.45, 7) is 9.23. The average molecular weight is 344 g/mol. The highest BCUT2D eigenvalue weighted by molar-refractivity contribution is 5.43. The molecule has 4 heterocycles. The lowest BCUT2D eigenvalue weighted by molar-refractivity contribution is 0.0835. The molecule has 4 rings (SSSR count). The van der Waals surface area contributed by atoms with Crippen molar-refractivity contribution < 1.29 is 9.26 Å². The number of ether oxygens (including phenoxy) is 1. The summed E-state index contributed by atoms with van der Waals surface area (Å²) in [5.41, 5.74) is 1.94. The molecule has 0 saturated carbocycles. The van der Waals surface area contributed by atoms with Crippen LogP contribution in [0.1, 0.15) is 42.0 Å². The van der Waals surface area contributed by atoms with E-state index in [-0.39, 0.29) is 6.10 Å². The highest BCUT2D eigenvalue weighted by atomic mass is 16.5. The maximum Gasteiger partial charge on any atom is 0.255 e. The van der Waals surface area contributed by atoms with Crippen molar-refractivity contribution in [1.29, 1.82) is 0 Å². The Morgan fingerprint density at radius 2 is 2.00 bits per heavy atom. The van der Waals surface area contributed by atoms with Gasteiger partial charge in [0.25, 0.3) is 5.89 Å². The summed E-state index contributed by atoms with van der Waals surface area (Å²) >= 11 is 0. The number of nitrogens with zero attached hydrogens (tertiary/aromatic N) is 6. The quantitative estimate of drug-likeness (QED) is 0.828. The van der Waals surface area contributed by atoms with Crippen molar-refractivity contribution in [2.75, 3.05) is 37.7 Å². The van der Waals surface area contributed by atoms with Gasteiger partial charge in [-0.05, 0) is 26.7 Å². The van der Waals surface area contributed by atoms with Crippen LogP contribution in [0.15, 0.2) is 10.7 Å². The van der Waals surface area contributed by atoms with Gasteiger partial charge in [0, 0.05) is 39.0 Å². The molecule has 2 aromatic rings. The maximum absolute atomic E-state index is 5.60. The fourth-order valence-corrected chi connectivity index (χ4v) is 3.38. The molecule has 0 bridgehead atoms. The highest BCUT2D eigenvalue weighted by Crippen LogP contribution is 2.27. The molecule has 0 N–H and O–H groups in total. The molecule has 8 nitrogen and oxygen atoms in total. The largest absolute Gasteiger partial charge is 0.368 e. The molecule has 134 valence electrons. The van der Waals surface area contributed by atoms with Crippen LogP contribution in [0.2, 0.25) is 0 Å². The first kappa shape index (κ1) is 16.4. The molecule has 2 saturated heterocycles. The first-order valence-electron chi connectivity index (χ1n) is 8.90. The Balaban J connectivity index is 1.34. The summed E-state index contributed by atoms with van der Waals surface area (Å²) < 4.78 is 11.0. The number of anilines is 1. The minimum Gasteiger partial charge on any atom is -0.368 e. The van der Waals surface area contributed by atoms with Crippen molar-refractivity contribution in [1.82, 2.24) is 25.0 Å². The Morgan fingerprint density at radius 1 is 1.16 bits per heavy atom. The van der Waals surface area contributed by atoms with E-state index in [4.69, 9.17) is 9.26 Å². The maximum atomic E-state index is 5.60. The molecule has 2 aliphatic heterocycles. The molecule has 8 heteroatoms. The first-order valence-corrected chi connectivity index (χ1v) is 8.90. The van der Waals surface area contributed by atoms with Crippen molar-refractivity contribution in [3.63, 3.8) is 0 Å². The van der Waals surface area contributed by atoms with Crippen molar-refractivity contribution in [2.24, 2.45) is 0 Å². The number of aromatic nitrogens is 4. The number of piperazine rings is 1. The van der Waals surface area contributed by atoms with Gasteiger partial charge in [-0.3, -0.25) is 9.88 Å². The molecule has 0 radical (unpaired) electrons. The summed E-state index contributed by atoms with van der Waals surface area (Å²) in [5, 5.41) is 4.11. The smallest absolute Gasteiger partial charge is 0.255 e. The van der Waals surface area contributed by atoms with Gasteiger partial charge >= 0.3 is 0 Å². The SMILES string of the molecule is Cc1cnc(C)c(N2CCN(Cc3noc(C4CCCO4)n3)CC2)n1. The third kappa shape index (κ3) is 3.64. The van der Waals surface area contributed by atoms with E-state index in [1.54, 1.807) is 0 Å². The van der Waals surface area contributed by atoms with Crippen LogP contribution in [0.25, 0.3) is 0 Å². The van der Waals surface area contributed by atoms with Gasteiger partial charge in [-0.25, -0.2) is 4.98 Å². The first-order chi connectivity index (χ1) is 12.2. The van der Waals surface area contributed by atoms with Gasteiger partial charge in [0.2, 0.25) is 0 Å². The molecule has 0 aliphatic carbocycles. The van der Waals surface area contributed by atoms with E-state index < -0.39 is 0 Å². The second-order valence-corrected chi connectivity index (χ2v) is 6.73. The van der Waals surface area contributed by atoms with Crippen molar-refractivity contribution in [3.05, 3.63) is 29.3 Å². The molecular formula is C17H24N6O2. The molecule has 2 aliphatic rings. The second kappa shape index (κ2) is 7.05. The van der Waals surface area contributed by atoms with Gasteiger partial charge in [0.1, 0.15) is 11.9 Å². The monoisotopic (exact) mass is 344 g/mol. The van der Waals surface area contributed by atoms with Gasteiger partial charge in [0.05, 0.1) is 17.9 Å². The fourth-order valence-electron chi connectivity index (χ4n) is 3.38. The molecule has 2 fully saturated rings. The van der Waals surface area contributed by atoms with Crippen LogP contribution in [0, 0.1) is 13.8 Å². The van der Waals surface area contributed by atoms with Crippen LogP contribution in [0.5, 0.6) is 0 Å². The van der Waals surface area contributed by atoms with Crippen molar-refractivity contribution in [2.45, 2.75) is 39.3 Å². The zero-order valence-electron chi connectivity index (χ0n) is 14.8. The van der Waals surface area contributed by atoms with Crippen LogP contribution in [0.3, 0.4) is 0 Å². The van der Waals surface area contributed by atoms with E-state index in [0.717, 1.165) is 68.7 Å². The predicted octanol–water partition coefficient (Wildman–Crippen LogP) is 1.65. The van der Waals surface area contributed by atoms with Crippen LogP contribution in [-0.4, -0.2) is 57.8 Å². The molecule has 2 aromatic heterocycles. The summed E-state index contributed by atoms with van der Waals surface area (Å²) in [4.78, 5) is 18.2. The lowest BCUT2D eigenvalue weighted by Crippen LogP contribution is -2.46. The van der Waals surface area contributed by atoms with Gasteiger partial charge in [-0.1, -0.05) is 5.16 Å². The molecular weight excluding hydrogens is 320 g/mol. The minimum absolute atomic E-state index is 0.0130. The topological polar surface area (TPSA) is 80.4 Å². The minimum atomic E-state index is -0.0130. The second-order valence-electron chi connectivity index (χ2n) is 6.73. The summed E-state index contributed by atoms with van der Waals surface area (Å²) in [6.07, 6.45) is 3.83. The molecule has 25 heavy (non-hydrogen) atoms.